The molecule has 0 saturated carbocycles. The van der Waals surface area contributed by atoms with Crippen molar-refractivity contribution in [2.45, 2.75) is 13.0 Å². The number of rotatable bonds is 2. The van der Waals surface area contributed by atoms with Crippen molar-refractivity contribution in [3.8, 4) is 0 Å². The van der Waals surface area contributed by atoms with Gasteiger partial charge in [0.15, 0.2) is 5.82 Å². The van der Waals surface area contributed by atoms with E-state index in [1.54, 1.807) is 24.0 Å². The molecule has 5 nitrogen and oxygen atoms in total. The number of nitrogens with zero attached hydrogens (tertiary/aromatic N) is 3. The molecular weight excluding hydrogens is 146 g/mol. The lowest BCUT2D eigenvalue weighted by atomic mass is 10.3. The molecule has 0 bridgehead atoms. The summed E-state index contributed by atoms with van der Waals surface area (Å²) in [6.07, 6.45) is 3.24. The molecule has 0 N–H and O–H groups in total. The summed E-state index contributed by atoms with van der Waals surface area (Å²) in [6.45, 7) is 1.52. The number of hydrogen-bond acceptors (Lipinski definition) is 3. The molecule has 0 aliphatic heterocycles. The van der Waals surface area contributed by atoms with Crippen LogP contribution in [0.15, 0.2) is 12.4 Å². The molecule has 5 heteroatoms. The van der Waals surface area contributed by atoms with Crippen LogP contribution in [0, 0.1) is 10.1 Å². The maximum Gasteiger partial charge on any atom is 0.267 e. The highest BCUT2D eigenvalue weighted by atomic mass is 16.6. The van der Waals surface area contributed by atoms with Gasteiger partial charge >= 0.3 is 0 Å². The lowest BCUT2D eigenvalue weighted by molar-refractivity contribution is -0.526. The van der Waals surface area contributed by atoms with E-state index in [1.165, 1.54) is 6.92 Å². The van der Waals surface area contributed by atoms with Crippen molar-refractivity contribution in [2.24, 2.45) is 7.05 Å². The first kappa shape index (κ1) is 7.71. The fraction of sp³-hybridized carbons (Fsp3) is 0.500. The van der Waals surface area contributed by atoms with Gasteiger partial charge in [-0.15, -0.1) is 0 Å². The third kappa shape index (κ3) is 1.36. The molecule has 0 amide bonds. The Hall–Kier alpha value is -1.39. The first-order valence-corrected chi connectivity index (χ1v) is 3.23. The van der Waals surface area contributed by atoms with Gasteiger partial charge in [0.2, 0.25) is 0 Å². The molecule has 11 heavy (non-hydrogen) atoms. The molecular formula is C6H9N3O2. The lowest BCUT2D eigenvalue weighted by Gasteiger charge is -2.02. The van der Waals surface area contributed by atoms with Crippen molar-refractivity contribution in [2.75, 3.05) is 0 Å². The average Bonchev–Trinajstić information content (AvgIpc) is 2.33. The zero-order valence-electron chi connectivity index (χ0n) is 6.39. The predicted molar refractivity (Wildman–Crippen MR) is 38.6 cm³/mol. The van der Waals surface area contributed by atoms with Gasteiger partial charge in [-0.2, -0.15) is 0 Å². The molecule has 60 valence electrons. The first-order valence-electron chi connectivity index (χ1n) is 3.23. The second-order valence-electron chi connectivity index (χ2n) is 2.36. The van der Waals surface area contributed by atoms with Gasteiger partial charge in [0.25, 0.3) is 6.04 Å². The summed E-state index contributed by atoms with van der Waals surface area (Å²) < 4.78 is 1.65. The Morgan fingerprint density at radius 2 is 2.45 bits per heavy atom. The van der Waals surface area contributed by atoms with E-state index in [4.69, 9.17) is 0 Å². The van der Waals surface area contributed by atoms with Crippen molar-refractivity contribution in [3.63, 3.8) is 0 Å². The Morgan fingerprint density at radius 1 is 1.82 bits per heavy atom. The molecule has 0 aliphatic carbocycles. The van der Waals surface area contributed by atoms with E-state index in [2.05, 4.69) is 4.98 Å². The van der Waals surface area contributed by atoms with E-state index >= 15 is 0 Å². The van der Waals surface area contributed by atoms with E-state index in [9.17, 15) is 10.1 Å². The number of nitro groups is 1. The summed E-state index contributed by atoms with van der Waals surface area (Å²) in [5.74, 6) is 0.481. The van der Waals surface area contributed by atoms with Gasteiger partial charge in [-0.25, -0.2) is 4.98 Å². The number of hydrogen-bond donors (Lipinski definition) is 0. The van der Waals surface area contributed by atoms with Gasteiger partial charge in [-0.05, 0) is 0 Å². The standard InChI is InChI=1S/C6H9N3O2/c1-5(9(10)11)6-7-3-4-8(6)2/h3-5H,1-2H3. The van der Waals surface area contributed by atoms with E-state index in [1.807, 2.05) is 0 Å². The van der Waals surface area contributed by atoms with Crippen molar-refractivity contribution < 1.29 is 4.92 Å². The van der Waals surface area contributed by atoms with Crippen molar-refractivity contribution in [1.29, 1.82) is 0 Å². The second kappa shape index (κ2) is 2.69. The van der Waals surface area contributed by atoms with Crippen LogP contribution < -0.4 is 0 Å². The largest absolute Gasteiger partial charge is 0.332 e. The van der Waals surface area contributed by atoms with Crippen molar-refractivity contribution >= 4 is 0 Å². The molecule has 0 fully saturated rings. The van der Waals surface area contributed by atoms with Crippen LogP contribution in [0.4, 0.5) is 0 Å². The van der Waals surface area contributed by atoms with Crippen molar-refractivity contribution in [1.82, 2.24) is 9.55 Å². The van der Waals surface area contributed by atoms with E-state index in [0.29, 0.717) is 5.82 Å². The van der Waals surface area contributed by atoms with Crippen molar-refractivity contribution in [3.05, 3.63) is 28.3 Å². The molecule has 1 unspecified atom stereocenters. The molecule has 0 spiro atoms. The molecule has 0 saturated heterocycles. The van der Waals surface area contributed by atoms with Crippen LogP contribution in [-0.4, -0.2) is 14.5 Å². The third-order valence-corrected chi connectivity index (χ3v) is 1.55. The van der Waals surface area contributed by atoms with Gasteiger partial charge in [-0.3, -0.25) is 10.1 Å². The van der Waals surface area contributed by atoms with Crippen LogP contribution in [0.1, 0.15) is 18.8 Å². The Balaban J connectivity index is 2.92. The van der Waals surface area contributed by atoms with Gasteiger partial charge in [0, 0.05) is 31.3 Å². The maximum atomic E-state index is 10.3. The Bertz CT molecular complexity index is 269. The molecule has 0 aliphatic rings. The molecule has 0 aromatic carbocycles. The van der Waals surface area contributed by atoms with Crippen LogP contribution in [0.5, 0.6) is 0 Å². The summed E-state index contributed by atoms with van der Waals surface area (Å²) in [7, 11) is 1.74. The molecule has 1 aromatic heterocycles. The summed E-state index contributed by atoms with van der Waals surface area (Å²) in [4.78, 5) is 13.8. The van der Waals surface area contributed by atoms with E-state index < -0.39 is 6.04 Å². The minimum Gasteiger partial charge on any atom is -0.332 e. The van der Waals surface area contributed by atoms with Gasteiger partial charge in [0.1, 0.15) is 0 Å². The summed E-state index contributed by atoms with van der Waals surface area (Å²) in [6, 6.07) is -0.727. The summed E-state index contributed by atoms with van der Waals surface area (Å²) in [5.41, 5.74) is 0. The Labute approximate surface area is 63.8 Å². The molecule has 1 atom stereocenters. The van der Waals surface area contributed by atoms with Crippen LogP contribution in [0.3, 0.4) is 0 Å². The topological polar surface area (TPSA) is 61.0 Å². The molecule has 0 radical (unpaired) electrons. The SMILES string of the molecule is CC(c1nccn1C)[N+](=O)[O-]. The van der Waals surface area contributed by atoms with Crippen LogP contribution in [-0.2, 0) is 7.05 Å². The molecule has 1 aromatic rings. The maximum absolute atomic E-state index is 10.3. The van der Waals surface area contributed by atoms with E-state index in [0.717, 1.165) is 0 Å². The number of aryl methyl sites for hydroxylation is 1. The molecule has 1 rings (SSSR count). The first-order chi connectivity index (χ1) is 5.13. The smallest absolute Gasteiger partial charge is 0.267 e. The minimum atomic E-state index is -0.727. The summed E-state index contributed by atoms with van der Waals surface area (Å²) in [5, 5.41) is 10.3. The number of imidazole rings is 1. The highest BCUT2D eigenvalue weighted by Gasteiger charge is 2.19. The lowest BCUT2D eigenvalue weighted by Crippen LogP contribution is -2.11. The third-order valence-electron chi connectivity index (χ3n) is 1.55. The molecule has 1 heterocycles. The van der Waals surface area contributed by atoms with Gasteiger partial charge < -0.3 is 4.57 Å². The van der Waals surface area contributed by atoms with Crippen LogP contribution in [0.25, 0.3) is 0 Å². The quantitative estimate of drug-likeness (QED) is 0.468. The van der Waals surface area contributed by atoms with Gasteiger partial charge in [0.05, 0.1) is 0 Å². The number of aromatic nitrogens is 2. The summed E-state index contributed by atoms with van der Waals surface area (Å²) >= 11 is 0. The average molecular weight is 155 g/mol. The predicted octanol–water partition coefficient (Wildman–Crippen LogP) is 0.758. The normalized spacial score (nSPS) is 12.9. The second-order valence-corrected chi connectivity index (χ2v) is 2.36. The zero-order chi connectivity index (χ0) is 8.43. The fourth-order valence-corrected chi connectivity index (χ4v) is 0.874. The Morgan fingerprint density at radius 3 is 2.82 bits per heavy atom. The fourth-order valence-electron chi connectivity index (χ4n) is 0.874. The highest BCUT2D eigenvalue weighted by molar-refractivity contribution is 4.93. The van der Waals surface area contributed by atoms with Gasteiger partial charge in [-0.1, -0.05) is 0 Å². The van der Waals surface area contributed by atoms with Crippen LogP contribution in [0.2, 0.25) is 0 Å². The van der Waals surface area contributed by atoms with E-state index in [-0.39, 0.29) is 4.92 Å². The van der Waals surface area contributed by atoms with Crippen LogP contribution >= 0.6 is 0 Å². The monoisotopic (exact) mass is 155 g/mol. The Kier molecular flexibility index (Phi) is 1.89. The highest BCUT2D eigenvalue weighted by Crippen LogP contribution is 2.11. The minimum absolute atomic E-state index is 0.359. The zero-order valence-corrected chi connectivity index (χ0v) is 6.39.